The van der Waals surface area contributed by atoms with Crippen LogP contribution in [-0.2, 0) is 22.7 Å². The van der Waals surface area contributed by atoms with Crippen LogP contribution in [-0.4, -0.2) is 43.1 Å². The van der Waals surface area contributed by atoms with Gasteiger partial charge in [0.1, 0.15) is 23.7 Å². The molecule has 0 bridgehead atoms. The third-order valence-electron chi connectivity index (χ3n) is 4.65. The lowest BCUT2D eigenvalue weighted by molar-refractivity contribution is -0.157. The number of rotatable bonds is 3. The van der Waals surface area contributed by atoms with E-state index in [9.17, 15) is 9.59 Å². The van der Waals surface area contributed by atoms with Crippen molar-refractivity contribution in [3.8, 4) is 0 Å². The monoisotopic (exact) mass is 291 g/mol. The number of piperazine rings is 1. The average molecular weight is 291 g/mol. The van der Waals surface area contributed by atoms with Crippen LogP contribution in [0.3, 0.4) is 0 Å². The standard InChI is InChI=1S/C14H21N5O2/c1-3-19-11(15-9-16-19)8-18-12(20)10(2)17-13(21)14(18)6-4-5-7-14/h9-10H,3-8H2,1-2H3,(H,17,21). The number of aryl methyl sites for hydroxylation is 1. The maximum absolute atomic E-state index is 12.6. The van der Waals surface area contributed by atoms with Gasteiger partial charge in [-0.05, 0) is 26.7 Å². The van der Waals surface area contributed by atoms with Crippen LogP contribution in [0, 0.1) is 0 Å². The summed E-state index contributed by atoms with van der Waals surface area (Å²) >= 11 is 0. The van der Waals surface area contributed by atoms with Gasteiger partial charge in [-0.15, -0.1) is 0 Å². The molecule has 1 aromatic heterocycles. The summed E-state index contributed by atoms with van der Waals surface area (Å²) in [6, 6.07) is -0.471. The normalized spacial score (nSPS) is 24.7. The van der Waals surface area contributed by atoms with Crippen LogP contribution in [0.2, 0.25) is 0 Å². The molecule has 1 aromatic rings. The van der Waals surface area contributed by atoms with Gasteiger partial charge in [0.15, 0.2) is 0 Å². The predicted octanol–water partition coefficient (Wildman–Crippen LogP) is 0.458. The van der Waals surface area contributed by atoms with Crippen LogP contribution in [0.15, 0.2) is 6.33 Å². The largest absolute Gasteiger partial charge is 0.343 e. The average Bonchev–Trinajstić information content (AvgIpc) is 3.11. The summed E-state index contributed by atoms with van der Waals surface area (Å²) in [6.45, 7) is 4.77. The molecule has 1 unspecified atom stereocenters. The van der Waals surface area contributed by atoms with Crippen LogP contribution < -0.4 is 5.32 Å². The van der Waals surface area contributed by atoms with E-state index in [1.807, 2.05) is 6.92 Å². The van der Waals surface area contributed by atoms with E-state index < -0.39 is 11.6 Å². The molecule has 3 rings (SSSR count). The van der Waals surface area contributed by atoms with E-state index in [2.05, 4.69) is 15.4 Å². The molecule has 0 radical (unpaired) electrons. The van der Waals surface area contributed by atoms with E-state index in [-0.39, 0.29) is 11.8 Å². The number of carbonyl (C=O) groups is 2. The zero-order valence-corrected chi connectivity index (χ0v) is 12.5. The lowest BCUT2D eigenvalue weighted by atomic mass is 9.89. The topological polar surface area (TPSA) is 80.1 Å². The molecule has 1 spiro atoms. The number of amides is 2. The molecule has 7 nitrogen and oxygen atoms in total. The SMILES string of the molecule is CCn1ncnc1CN1C(=O)C(C)NC(=O)C12CCCC2. The molecular formula is C14H21N5O2. The lowest BCUT2D eigenvalue weighted by Gasteiger charge is -2.45. The Morgan fingerprint density at radius 2 is 2.10 bits per heavy atom. The van der Waals surface area contributed by atoms with Gasteiger partial charge in [0, 0.05) is 6.54 Å². The molecule has 1 aliphatic heterocycles. The van der Waals surface area contributed by atoms with Gasteiger partial charge < -0.3 is 10.2 Å². The first-order valence-corrected chi connectivity index (χ1v) is 7.57. The van der Waals surface area contributed by atoms with Crippen molar-refractivity contribution in [3.63, 3.8) is 0 Å². The number of nitrogens with one attached hydrogen (secondary N) is 1. The maximum Gasteiger partial charge on any atom is 0.246 e. The highest BCUT2D eigenvalue weighted by Crippen LogP contribution is 2.38. The highest BCUT2D eigenvalue weighted by molar-refractivity contribution is 5.99. The fourth-order valence-corrected chi connectivity index (χ4v) is 3.46. The highest BCUT2D eigenvalue weighted by Gasteiger charge is 2.53. The van der Waals surface area contributed by atoms with Crippen molar-refractivity contribution in [2.24, 2.45) is 0 Å². The fraction of sp³-hybridized carbons (Fsp3) is 0.714. The van der Waals surface area contributed by atoms with Crippen molar-refractivity contribution >= 4 is 11.8 Å². The summed E-state index contributed by atoms with van der Waals surface area (Å²) in [5, 5.41) is 6.97. The summed E-state index contributed by atoms with van der Waals surface area (Å²) in [7, 11) is 0. The molecule has 21 heavy (non-hydrogen) atoms. The molecule has 1 saturated carbocycles. The van der Waals surface area contributed by atoms with Gasteiger partial charge in [-0.25, -0.2) is 9.67 Å². The van der Waals surface area contributed by atoms with E-state index in [1.165, 1.54) is 6.33 Å². The Morgan fingerprint density at radius 1 is 1.38 bits per heavy atom. The number of carbonyl (C=O) groups excluding carboxylic acids is 2. The second kappa shape index (κ2) is 5.13. The molecule has 7 heteroatoms. The van der Waals surface area contributed by atoms with Crippen molar-refractivity contribution in [3.05, 3.63) is 12.2 Å². The second-order valence-electron chi connectivity index (χ2n) is 5.85. The van der Waals surface area contributed by atoms with Gasteiger partial charge in [-0.1, -0.05) is 12.8 Å². The molecular weight excluding hydrogens is 270 g/mol. The third-order valence-corrected chi connectivity index (χ3v) is 4.65. The second-order valence-corrected chi connectivity index (χ2v) is 5.85. The van der Waals surface area contributed by atoms with Crippen LogP contribution >= 0.6 is 0 Å². The molecule has 2 aliphatic rings. The van der Waals surface area contributed by atoms with E-state index in [4.69, 9.17) is 0 Å². The van der Waals surface area contributed by atoms with E-state index >= 15 is 0 Å². The van der Waals surface area contributed by atoms with E-state index in [0.717, 1.165) is 31.5 Å². The minimum atomic E-state index is -0.686. The summed E-state index contributed by atoms with van der Waals surface area (Å²) in [4.78, 5) is 31.1. The molecule has 0 aromatic carbocycles. The fourth-order valence-electron chi connectivity index (χ4n) is 3.46. The Hall–Kier alpha value is -1.92. The molecule has 2 fully saturated rings. The zero-order chi connectivity index (χ0) is 15.0. The minimum Gasteiger partial charge on any atom is -0.343 e. The first-order chi connectivity index (χ1) is 10.1. The van der Waals surface area contributed by atoms with Crippen molar-refractivity contribution in [1.82, 2.24) is 25.0 Å². The zero-order valence-electron chi connectivity index (χ0n) is 12.5. The Morgan fingerprint density at radius 3 is 2.76 bits per heavy atom. The number of hydrogen-bond acceptors (Lipinski definition) is 4. The third kappa shape index (κ3) is 2.11. The van der Waals surface area contributed by atoms with Crippen LogP contribution in [0.1, 0.15) is 45.4 Å². The van der Waals surface area contributed by atoms with Gasteiger partial charge in [-0.2, -0.15) is 5.10 Å². The van der Waals surface area contributed by atoms with Gasteiger partial charge in [-0.3, -0.25) is 9.59 Å². The number of nitrogens with zero attached hydrogens (tertiary/aromatic N) is 4. The maximum atomic E-state index is 12.6. The Bertz CT molecular complexity index is 561. The van der Waals surface area contributed by atoms with E-state index in [0.29, 0.717) is 13.1 Å². The molecule has 1 saturated heterocycles. The van der Waals surface area contributed by atoms with Crippen LogP contribution in [0.4, 0.5) is 0 Å². The van der Waals surface area contributed by atoms with Gasteiger partial charge in [0.2, 0.25) is 11.8 Å². The summed E-state index contributed by atoms with van der Waals surface area (Å²) < 4.78 is 1.77. The highest BCUT2D eigenvalue weighted by atomic mass is 16.2. The lowest BCUT2D eigenvalue weighted by Crippen LogP contribution is -2.68. The molecule has 2 amide bonds. The van der Waals surface area contributed by atoms with Crippen molar-refractivity contribution < 1.29 is 9.59 Å². The molecule has 1 aliphatic carbocycles. The van der Waals surface area contributed by atoms with Crippen molar-refractivity contribution in [2.45, 2.75) is 64.2 Å². The summed E-state index contributed by atoms with van der Waals surface area (Å²) in [5.41, 5.74) is -0.686. The van der Waals surface area contributed by atoms with Gasteiger partial charge in [0.05, 0.1) is 6.54 Å². The smallest absolute Gasteiger partial charge is 0.246 e. The van der Waals surface area contributed by atoms with E-state index in [1.54, 1.807) is 16.5 Å². The Kier molecular flexibility index (Phi) is 3.43. The summed E-state index contributed by atoms with van der Waals surface area (Å²) in [5.74, 6) is 0.691. The van der Waals surface area contributed by atoms with Crippen molar-refractivity contribution in [2.75, 3.05) is 0 Å². The predicted molar refractivity (Wildman–Crippen MR) is 75.0 cm³/mol. The first kappa shape index (κ1) is 14.0. The minimum absolute atomic E-state index is 0.0188. The van der Waals surface area contributed by atoms with Gasteiger partial charge in [0.25, 0.3) is 0 Å². The molecule has 114 valence electrons. The van der Waals surface area contributed by atoms with Crippen molar-refractivity contribution in [1.29, 1.82) is 0 Å². The Balaban J connectivity index is 1.95. The number of hydrogen-bond donors (Lipinski definition) is 1. The quantitative estimate of drug-likeness (QED) is 0.877. The summed E-state index contributed by atoms with van der Waals surface area (Å²) in [6.07, 6.45) is 4.92. The van der Waals surface area contributed by atoms with Gasteiger partial charge >= 0.3 is 0 Å². The molecule has 1 atom stereocenters. The van der Waals surface area contributed by atoms with Crippen LogP contribution in [0.25, 0.3) is 0 Å². The number of aromatic nitrogens is 3. The van der Waals surface area contributed by atoms with Crippen LogP contribution in [0.5, 0.6) is 0 Å². The Labute approximate surface area is 123 Å². The molecule has 1 N–H and O–H groups in total. The molecule has 2 heterocycles. The first-order valence-electron chi connectivity index (χ1n) is 7.57.